The second-order valence-corrected chi connectivity index (χ2v) is 11.0. The molecule has 0 aromatic heterocycles. The van der Waals surface area contributed by atoms with Crippen LogP contribution >= 0.6 is 11.6 Å². The Morgan fingerprint density at radius 1 is 1.06 bits per heavy atom. The molecule has 8 nitrogen and oxygen atoms in total. The molecule has 2 aromatic carbocycles. The van der Waals surface area contributed by atoms with Crippen molar-refractivity contribution in [3.05, 3.63) is 64.2 Å². The molecule has 0 aliphatic carbocycles. The lowest BCUT2D eigenvalue weighted by atomic mass is 10.1. The number of benzene rings is 2. The molecular formula is C25H35ClN4O4S. The second-order valence-electron chi connectivity index (χ2n) is 8.52. The minimum atomic E-state index is -4.01. The third-order valence-corrected chi connectivity index (χ3v) is 7.86. The van der Waals surface area contributed by atoms with Gasteiger partial charge in [0.2, 0.25) is 11.8 Å². The van der Waals surface area contributed by atoms with E-state index >= 15 is 0 Å². The van der Waals surface area contributed by atoms with Gasteiger partial charge in [0, 0.05) is 32.2 Å². The predicted molar refractivity (Wildman–Crippen MR) is 141 cm³/mol. The number of nitrogens with one attached hydrogen (secondary N) is 1. The van der Waals surface area contributed by atoms with Crippen molar-refractivity contribution in [1.29, 1.82) is 0 Å². The van der Waals surface area contributed by atoms with E-state index in [0.29, 0.717) is 34.8 Å². The van der Waals surface area contributed by atoms with Crippen LogP contribution in [0.5, 0.6) is 0 Å². The first-order valence-corrected chi connectivity index (χ1v) is 13.3. The molecule has 0 fully saturated rings. The number of carbonyl (C=O) groups excluding carboxylic acids is 2. The maximum atomic E-state index is 13.8. The minimum Gasteiger partial charge on any atom is -0.355 e. The highest BCUT2D eigenvalue weighted by Crippen LogP contribution is 2.26. The van der Waals surface area contributed by atoms with Gasteiger partial charge in [0.25, 0.3) is 0 Å². The first kappa shape index (κ1) is 28.6. The average molecular weight is 523 g/mol. The van der Waals surface area contributed by atoms with E-state index in [4.69, 9.17) is 11.6 Å². The smallest absolute Gasteiger partial charge is 0.304 e. The molecule has 1 N–H and O–H groups in total. The van der Waals surface area contributed by atoms with Gasteiger partial charge in [0.05, 0.1) is 5.69 Å². The van der Waals surface area contributed by atoms with Crippen molar-refractivity contribution in [2.75, 3.05) is 31.5 Å². The first-order valence-electron chi connectivity index (χ1n) is 11.5. The number of nitrogens with zero attached hydrogens (tertiary/aromatic N) is 3. The number of hydrogen-bond donors (Lipinski definition) is 1. The summed E-state index contributed by atoms with van der Waals surface area (Å²) in [5, 5.41) is 3.24. The Morgan fingerprint density at radius 3 is 2.29 bits per heavy atom. The predicted octanol–water partition coefficient (Wildman–Crippen LogP) is 3.51. The lowest BCUT2D eigenvalue weighted by Gasteiger charge is -2.34. The number of aryl methyl sites for hydroxylation is 2. The number of anilines is 1. The van der Waals surface area contributed by atoms with Crippen LogP contribution in [0.1, 0.15) is 37.0 Å². The summed E-state index contributed by atoms with van der Waals surface area (Å²) in [6.45, 7) is 7.28. The molecule has 0 aliphatic rings. The quantitative estimate of drug-likeness (QED) is 0.489. The van der Waals surface area contributed by atoms with Crippen LogP contribution in [0.15, 0.2) is 42.5 Å². The van der Waals surface area contributed by atoms with Gasteiger partial charge in [0.1, 0.15) is 12.6 Å². The van der Waals surface area contributed by atoms with Crippen LogP contribution in [-0.2, 0) is 26.3 Å². The Balaban J connectivity index is 2.57. The van der Waals surface area contributed by atoms with Crippen molar-refractivity contribution in [3.63, 3.8) is 0 Å². The van der Waals surface area contributed by atoms with Gasteiger partial charge in [-0.3, -0.25) is 9.59 Å². The van der Waals surface area contributed by atoms with E-state index in [1.54, 1.807) is 44.2 Å². The second kappa shape index (κ2) is 12.4. The summed E-state index contributed by atoms with van der Waals surface area (Å²) in [5.74, 6) is -0.807. The van der Waals surface area contributed by atoms with Crippen molar-refractivity contribution in [2.45, 2.75) is 46.7 Å². The number of carbonyl (C=O) groups is 2. The van der Waals surface area contributed by atoms with Crippen LogP contribution < -0.4 is 9.62 Å². The molecular weight excluding hydrogens is 488 g/mol. The van der Waals surface area contributed by atoms with Crippen molar-refractivity contribution < 1.29 is 18.0 Å². The Morgan fingerprint density at radius 2 is 1.71 bits per heavy atom. The SMILES string of the molecule is CCNC(=O)C(CC)N(Cc1ccccc1Cl)C(=O)CN(c1cc(C)ccc1C)S(=O)(=O)N(C)C. The lowest BCUT2D eigenvalue weighted by Crippen LogP contribution is -2.53. The van der Waals surface area contributed by atoms with E-state index in [-0.39, 0.29) is 12.5 Å². The summed E-state index contributed by atoms with van der Waals surface area (Å²) in [7, 11) is -1.17. The standard InChI is InChI=1S/C25H35ClN4O4S/c1-7-22(25(32)27-8-2)29(16-20-11-9-10-12-21(20)26)24(31)17-30(35(33,34)28(5)6)23-15-18(3)13-14-19(23)4/h9-15,22H,7-8,16-17H2,1-6H3,(H,27,32). The number of halogens is 1. The van der Waals surface area contributed by atoms with Gasteiger partial charge >= 0.3 is 10.2 Å². The molecule has 0 radical (unpaired) electrons. The van der Waals surface area contributed by atoms with E-state index in [9.17, 15) is 18.0 Å². The molecule has 0 bridgehead atoms. The van der Waals surface area contributed by atoms with Crippen LogP contribution in [0.25, 0.3) is 0 Å². The van der Waals surface area contributed by atoms with Crippen LogP contribution in [-0.4, -0.2) is 62.7 Å². The van der Waals surface area contributed by atoms with Gasteiger partial charge in [-0.1, -0.05) is 48.9 Å². The molecule has 2 aromatic rings. The Hall–Kier alpha value is -2.62. The molecule has 192 valence electrons. The summed E-state index contributed by atoms with van der Waals surface area (Å²) in [6, 6.07) is 11.7. The third kappa shape index (κ3) is 6.96. The van der Waals surface area contributed by atoms with Gasteiger partial charge in [-0.15, -0.1) is 0 Å². The van der Waals surface area contributed by atoms with Gasteiger partial charge in [-0.25, -0.2) is 4.31 Å². The molecule has 10 heteroatoms. The first-order chi connectivity index (χ1) is 16.4. The fraction of sp³-hybridized carbons (Fsp3) is 0.440. The molecule has 0 saturated heterocycles. The molecule has 0 heterocycles. The van der Waals surface area contributed by atoms with Gasteiger partial charge < -0.3 is 10.2 Å². The largest absolute Gasteiger partial charge is 0.355 e. The number of rotatable bonds is 11. The van der Waals surface area contributed by atoms with Gasteiger partial charge in [0.15, 0.2) is 0 Å². The highest BCUT2D eigenvalue weighted by atomic mass is 35.5. The summed E-state index contributed by atoms with van der Waals surface area (Å²) in [6.07, 6.45) is 0.353. The Bertz CT molecular complexity index is 1150. The topological polar surface area (TPSA) is 90.0 Å². The summed E-state index contributed by atoms with van der Waals surface area (Å²) in [5.41, 5.74) is 2.65. The van der Waals surface area contributed by atoms with E-state index in [2.05, 4.69) is 5.32 Å². The van der Waals surface area contributed by atoms with Gasteiger partial charge in [-0.2, -0.15) is 12.7 Å². The zero-order chi connectivity index (χ0) is 26.3. The monoisotopic (exact) mass is 522 g/mol. The highest BCUT2D eigenvalue weighted by Gasteiger charge is 2.34. The number of likely N-dealkylation sites (N-methyl/N-ethyl adjacent to an activating group) is 1. The molecule has 0 saturated carbocycles. The third-order valence-electron chi connectivity index (χ3n) is 5.69. The Labute approximate surface area is 214 Å². The summed E-state index contributed by atoms with van der Waals surface area (Å²) < 4.78 is 28.8. The number of hydrogen-bond acceptors (Lipinski definition) is 4. The van der Waals surface area contributed by atoms with Crippen molar-refractivity contribution in [3.8, 4) is 0 Å². The summed E-state index contributed by atoms with van der Waals surface area (Å²) in [4.78, 5) is 28.1. The van der Waals surface area contributed by atoms with Crippen LogP contribution in [0, 0.1) is 13.8 Å². The lowest BCUT2D eigenvalue weighted by molar-refractivity contribution is -0.140. The van der Waals surface area contributed by atoms with Crippen LogP contribution in [0.2, 0.25) is 5.02 Å². The van der Waals surface area contributed by atoms with Crippen molar-refractivity contribution >= 4 is 39.3 Å². The minimum absolute atomic E-state index is 0.0663. The van der Waals surface area contributed by atoms with E-state index in [1.165, 1.54) is 19.0 Å². The van der Waals surface area contributed by atoms with Crippen LogP contribution in [0.3, 0.4) is 0 Å². The Kier molecular flexibility index (Phi) is 10.1. The van der Waals surface area contributed by atoms with E-state index in [0.717, 1.165) is 14.2 Å². The van der Waals surface area contributed by atoms with Crippen LogP contribution in [0.4, 0.5) is 5.69 Å². The van der Waals surface area contributed by atoms with E-state index in [1.807, 2.05) is 26.0 Å². The maximum absolute atomic E-state index is 13.8. The molecule has 35 heavy (non-hydrogen) atoms. The fourth-order valence-corrected chi connectivity index (χ4v) is 5.02. The van der Waals surface area contributed by atoms with Crippen molar-refractivity contribution in [2.24, 2.45) is 0 Å². The molecule has 2 amide bonds. The maximum Gasteiger partial charge on any atom is 0.304 e. The molecule has 1 unspecified atom stereocenters. The van der Waals surface area contributed by atoms with E-state index < -0.39 is 28.7 Å². The fourth-order valence-electron chi connectivity index (χ4n) is 3.71. The zero-order valence-electron chi connectivity index (χ0n) is 21.2. The molecule has 1 atom stereocenters. The number of amides is 2. The highest BCUT2D eigenvalue weighted by molar-refractivity contribution is 7.90. The normalized spacial score (nSPS) is 12.3. The molecule has 2 rings (SSSR count). The summed E-state index contributed by atoms with van der Waals surface area (Å²) >= 11 is 6.36. The average Bonchev–Trinajstić information content (AvgIpc) is 2.80. The molecule has 0 spiro atoms. The zero-order valence-corrected chi connectivity index (χ0v) is 22.8. The molecule has 0 aliphatic heterocycles. The van der Waals surface area contributed by atoms with Crippen molar-refractivity contribution in [1.82, 2.24) is 14.5 Å². The van der Waals surface area contributed by atoms with Gasteiger partial charge in [-0.05, 0) is 56.0 Å².